The van der Waals surface area contributed by atoms with Crippen LogP contribution in [0.4, 0.5) is 9.18 Å². The molecule has 218 valence electrons. The van der Waals surface area contributed by atoms with E-state index in [2.05, 4.69) is 10.3 Å². The van der Waals surface area contributed by atoms with Crippen LogP contribution in [0.3, 0.4) is 0 Å². The largest absolute Gasteiger partial charge is 0.456 e. The lowest BCUT2D eigenvalue weighted by Crippen LogP contribution is -2.48. The van der Waals surface area contributed by atoms with Crippen molar-refractivity contribution in [1.82, 2.24) is 5.32 Å². The number of nitrogens with one attached hydrogen (secondary N) is 1. The van der Waals surface area contributed by atoms with Gasteiger partial charge in [-0.2, -0.15) is 0 Å². The van der Waals surface area contributed by atoms with Gasteiger partial charge < -0.3 is 14.8 Å². The van der Waals surface area contributed by atoms with Gasteiger partial charge in [-0.05, 0) is 69.5 Å². The van der Waals surface area contributed by atoms with Gasteiger partial charge in [-0.1, -0.05) is 66.7 Å². The average molecular weight is 571 g/mol. The first kappa shape index (κ1) is 30.4. The first-order chi connectivity index (χ1) is 19.9. The zero-order valence-electron chi connectivity index (χ0n) is 24.2. The van der Waals surface area contributed by atoms with Crippen LogP contribution in [0, 0.1) is 5.82 Å². The lowest BCUT2D eigenvalue weighted by molar-refractivity contribution is -0.123. The molecule has 0 saturated carbocycles. The second-order valence-electron chi connectivity index (χ2n) is 11.4. The van der Waals surface area contributed by atoms with E-state index in [0.29, 0.717) is 0 Å². The number of alkyl carbamates (subject to hydrolysis) is 1. The minimum Gasteiger partial charge on any atom is -0.456 e. The molecule has 0 radical (unpaired) electrons. The van der Waals surface area contributed by atoms with Crippen molar-refractivity contribution < 1.29 is 28.2 Å². The Balaban J connectivity index is 1.70. The average Bonchev–Trinajstić information content (AvgIpc) is 3.39. The van der Waals surface area contributed by atoms with Crippen LogP contribution in [0.2, 0.25) is 0 Å². The molecule has 8 heteroatoms. The SMILES string of the molecule is CC(C)(C)OC(=O)c1ccc(F)c(C(C(=O)[C@H](Cc2ccccc2)NC(=O)OCc2ccccc2)C2(C)C=CC=N2)c1. The molecule has 1 heterocycles. The number of Topliss-reactive ketones (excluding diaryl/α,β-unsaturated/α-hetero) is 1. The summed E-state index contributed by atoms with van der Waals surface area (Å²) in [6, 6.07) is 21.1. The van der Waals surface area contributed by atoms with E-state index >= 15 is 4.39 Å². The van der Waals surface area contributed by atoms with Crippen molar-refractivity contribution in [3.8, 4) is 0 Å². The topological polar surface area (TPSA) is 94.1 Å². The summed E-state index contributed by atoms with van der Waals surface area (Å²) in [6.07, 6.45) is 4.29. The third-order valence-corrected chi connectivity index (χ3v) is 6.81. The summed E-state index contributed by atoms with van der Waals surface area (Å²) in [5.74, 6) is -2.99. The van der Waals surface area contributed by atoms with Crippen LogP contribution in [0.5, 0.6) is 0 Å². The summed E-state index contributed by atoms with van der Waals surface area (Å²) in [6.45, 7) is 6.93. The molecule has 7 nitrogen and oxygen atoms in total. The Bertz CT molecular complexity index is 1470. The van der Waals surface area contributed by atoms with E-state index in [-0.39, 0.29) is 24.2 Å². The third kappa shape index (κ3) is 7.78. The molecule has 3 aromatic rings. The summed E-state index contributed by atoms with van der Waals surface area (Å²) < 4.78 is 26.5. The number of aliphatic imine (C=N–C) groups is 1. The molecule has 1 aliphatic heterocycles. The van der Waals surface area contributed by atoms with Crippen LogP contribution < -0.4 is 5.32 Å². The quantitative estimate of drug-likeness (QED) is 0.286. The number of nitrogens with zero attached hydrogens (tertiary/aromatic N) is 1. The van der Waals surface area contributed by atoms with Crippen molar-refractivity contribution in [1.29, 1.82) is 0 Å². The lowest BCUT2D eigenvalue weighted by atomic mass is 9.75. The molecule has 0 saturated heterocycles. The number of hydrogen-bond acceptors (Lipinski definition) is 6. The molecule has 3 aromatic carbocycles. The van der Waals surface area contributed by atoms with E-state index in [0.717, 1.165) is 17.2 Å². The number of ether oxygens (including phenoxy) is 2. The van der Waals surface area contributed by atoms with E-state index in [9.17, 15) is 14.4 Å². The van der Waals surface area contributed by atoms with Crippen LogP contribution in [0.15, 0.2) is 96.0 Å². The highest BCUT2D eigenvalue weighted by molar-refractivity contribution is 5.96. The summed E-state index contributed by atoms with van der Waals surface area (Å²) in [7, 11) is 0. The fraction of sp³-hybridized carbons (Fsp3) is 0.294. The maximum Gasteiger partial charge on any atom is 0.408 e. The van der Waals surface area contributed by atoms with E-state index < -0.39 is 46.8 Å². The minimum atomic E-state index is -1.18. The second-order valence-corrected chi connectivity index (χ2v) is 11.4. The van der Waals surface area contributed by atoms with Gasteiger partial charge in [0.15, 0.2) is 5.78 Å². The van der Waals surface area contributed by atoms with E-state index in [1.165, 1.54) is 12.1 Å². The molecule has 42 heavy (non-hydrogen) atoms. The predicted molar refractivity (Wildman–Crippen MR) is 159 cm³/mol. The highest BCUT2D eigenvalue weighted by Crippen LogP contribution is 2.38. The molecule has 0 fully saturated rings. The minimum absolute atomic E-state index is 0.0135. The van der Waals surface area contributed by atoms with Crippen LogP contribution in [0.1, 0.15) is 60.7 Å². The van der Waals surface area contributed by atoms with Crippen molar-refractivity contribution >= 4 is 24.1 Å². The van der Waals surface area contributed by atoms with Gasteiger partial charge in [-0.3, -0.25) is 9.79 Å². The fourth-order valence-corrected chi connectivity index (χ4v) is 4.82. The Hall–Kier alpha value is -4.59. The van der Waals surface area contributed by atoms with Gasteiger partial charge in [0.1, 0.15) is 18.0 Å². The Morgan fingerprint density at radius 3 is 2.19 bits per heavy atom. The Morgan fingerprint density at radius 1 is 0.952 bits per heavy atom. The number of allylic oxidation sites excluding steroid dienone is 1. The number of rotatable bonds is 10. The lowest BCUT2D eigenvalue weighted by Gasteiger charge is -2.33. The molecule has 1 amide bonds. The molecule has 2 unspecified atom stereocenters. The molecule has 0 aliphatic carbocycles. The van der Waals surface area contributed by atoms with E-state index in [1.807, 2.05) is 60.7 Å². The number of ketones is 1. The first-order valence-electron chi connectivity index (χ1n) is 13.8. The first-order valence-corrected chi connectivity index (χ1v) is 13.8. The summed E-state index contributed by atoms with van der Waals surface area (Å²) >= 11 is 0. The maximum atomic E-state index is 15.6. The molecular weight excluding hydrogens is 535 g/mol. The van der Waals surface area contributed by atoms with Crippen LogP contribution in [-0.2, 0) is 27.3 Å². The second kappa shape index (κ2) is 12.9. The van der Waals surface area contributed by atoms with Crippen molar-refractivity contribution in [3.63, 3.8) is 0 Å². The van der Waals surface area contributed by atoms with Gasteiger partial charge in [0.2, 0.25) is 0 Å². The predicted octanol–water partition coefficient (Wildman–Crippen LogP) is 6.37. The number of carbonyl (C=O) groups excluding carboxylic acids is 3. The molecule has 4 rings (SSSR count). The molecule has 0 bridgehead atoms. The number of esters is 1. The van der Waals surface area contributed by atoms with E-state index in [1.54, 1.807) is 46.1 Å². The van der Waals surface area contributed by atoms with Crippen molar-refractivity contribution in [2.24, 2.45) is 4.99 Å². The van der Waals surface area contributed by atoms with Crippen molar-refractivity contribution in [2.45, 2.75) is 63.8 Å². The van der Waals surface area contributed by atoms with Gasteiger partial charge in [-0.15, -0.1) is 0 Å². The number of hydrogen-bond donors (Lipinski definition) is 1. The summed E-state index contributed by atoms with van der Waals surface area (Å²) in [5.41, 5.74) is -0.284. The highest BCUT2D eigenvalue weighted by Gasteiger charge is 2.44. The molecule has 0 spiro atoms. The van der Waals surface area contributed by atoms with Crippen molar-refractivity contribution in [2.75, 3.05) is 0 Å². The number of halogens is 1. The number of benzene rings is 3. The van der Waals surface area contributed by atoms with Gasteiger partial charge in [0.25, 0.3) is 0 Å². The number of carbonyl (C=O) groups is 3. The van der Waals surface area contributed by atoms with Crippen LogP contribution in [-0.4, -0.2) is 41.2 Å². The maximum absolute atomic E-state index is 15.6. The van der Waals surface area contributed by atoms with Gasteiger partial charge >= 0.3 is 12.1 Å². The molecule has 0 aromatic heterocycles. The van der Waals surface area contributed by atoms with Crippen LogP contribution in [0.25, 0.3) is 0 Å². The smallest absolute Gasteiger partial charge is 0.408 e. The Kier molecular flexibility index (Phi) is 9.35. The van der Waals surface area contributed by atoms with Gasteiger partial charge in [0, 0.05) is 11.8 Å². The van der Waals surface area contributed by atoms with Crippen molar-refractivity contribution in [3.05, 3.63) is 119 Å². The zero-order valence-corrected chi connectivity index (χ0v) is 24.2. The monoisotopic (exact) mass is 570 g/mol. The standard InChI is InChI=1S/C34H35FN2O5/c1-33(2,3)42-31(39)25-16-17-27(35)26(21-25)29(34(4)18-11-19-36-34)30(38)28(20-23-12-7-5-8-13-23)37-32(40)41-22-24-14-9-6-10-15-24/h5-19,21,28-29H,20,22H2,1-4H3,(H,37,40)/t28-,29?,34?/m0/s1. The summed E-state index contributed by atoms with van der Waals surface area (Å²) in [5, 5.41) is 2.71. The highest BCUT2D eigenvalue weighted by atomic mass is 19.1. The fourth-order valence-electron chi connectivity index (χ4n) is 4.82. The summed E-state index contributed by atoms with van der Waals surface area (Å²) in [4.78, 5) is 44.8. The zero-order chi connectivity index (χ0) is 30.3. The molecule has 1 N–H and O–H groups in total. The normalized spacial score (nSPS) is 17.4. The van der Waals surface area contributed by atoms with Gasteiger partial charge in [-0.25, -0.2) is 14.0 Å². The van der Waals surface area contributed by atoms with Gasteiger partial charge in [0.05, 0.1) is 23.1 Å². The number of amides is 1. The Morgan fingerprint density at radius 2 is 1.60 bits per heavy atom. The Labute approximate surface area is 245 Å². The molecule has 3 atom stereocenters. The molecule has 1 aliphatic rings. The van der Waals surface area contributed by atoms with E-state index in [4.69, 9.17) is 9.47 Å². The van der Waals surface area contributed by atoms with Crippen LogP contribution >= 0.6 is 0 Å². The molecular formula is C34H35FN2O5. The third-order valence-electron chi connectivity index (χ3n) is 6.81.